The molecular formula is C12H13NO2S. The zero-order valence-corrected chi connectivity index (χ0v) is 9.59. The minimum Gasteiger partial charge on any atom is -0.480 e. The third kappa shape index (κ3) is 1.53. The van der Waals surface area contributed by atoms with Crippen LogP contribution in [0.5, 0.6) is 0 Å². The average molecular weight is 235 g/mol. The summed E-state index contributed by atoms with van der Waals surface area (Å²) in [6.07, 6.45) is 1.88. The molecule has 1 heterocycles. The van der Waals surface area contributed by atoms with Gasteiger partial charge in [-0.3, -0.25) is 10.1 Å². The highest BCUT2D eigenvalue weighted by atomic mass is 32.2. The molecule has 1 aromatic carbocycles. The second kappa shape index (κ2) is 3.50. The number of carbonyl (C=O) groups is 1. The van der Waals surface area contributed by atoms with Crippen LogP contribution in [0.2, 0.25) is 0 Å². The van der Waals surface area contributed by atoms with Crippen LogP contribution in [-0.4, -0.2) is 27.7 Å². The van der Waals surface area contributed by atoms with Gasteiger partial charge in [-0.2, -0.15) is 0 Å². The van der Waals surface area contributed by atoms with Crippen molar-refractivity contribution in [2.24, 2.45) is 0 Å². The van der Waals surface area contributed by atoms with Crippen LogP contribution in [0.1, 0.15) is 11.1 Å². The van der Waals surface area contributed by atoms with Gasteiger partial charge in [-0.05, 0) is 11.1 Å². The molecule has 0 bridgehead atoms. The van der Waals surface area contributed by atoms with Crippen LogP contribution >= 0.6 is 11.8 Å². The Bertz CT molecular complexity index is 421. The van der Waals surface area contributed by atoms with E-state index in [-0.39, 0.29) is 10.9 Å². The molecule has 0 saturated carbocycles. The largest absolute Gasteiger partial charge is 0.480 e. The minimum absolute atomic E-state index is 0.0628. The maximum Gasteiger partial charge on any atom is 0.321 e. The van der Waals surface area contributed by atoms with E-state index in [0.717, 1.165) is 12.8 Å². The molecule has 3 nitrogen and oxygen atoms in total. The molecule has 2 aliphatic rings. The van der Waals surface area contributed by atoms with E-state index in [1.807, 2.05) is 12.1 Å². The summed E-state index contributed by atoms with van der Waals surface area (Å²) < 4.78 is 0. The summed E-state index contributed by atoms with van der Waals surface area (Å²) in [5.41, 5.74) is 2.71. The summed E-state index contributed by atoms with van der Waals surface area (Å²) in [5.74, 6) is -0.0658. The van der Waals surface area contributed by atoms with Gasteiger partial charge in [-0.15, -0.1) is 11.8 Å². The van der Waals surface area contributed by atoms with Crippen molar-refractivity contribution in [1.82, 2.24) is 5.32 Å². The highest BCUT2D eigenvalue weighted by Crippen LogP contribution is 2.42. The third-order valence-electron chi connectivity index (χ3n) is 3.33. The molecule has 84 valence electrons. The van der Waals surface area contributed by atoms with Crippen LogP contribution in [0.4, 0.5) is 0 Å². The van der Waals surface area contributed by atoms with Crippen LogP contribution in [0.3, 0.4) is 0 Å². The Morgan fingerprint density at radius 1 is 1.38 bits per heavy atom. The van der Waals surface area contributed by atoms with Crippen LogP contribution < -0.4 is 5.32 Å². The fraction of sp³-hybridized carbons (Fsp3) is 0.417. The van der Waals surface area contributed by atoms with Crippen LogP contribution in [0.15, 0.2) is 24.3 Å². The van der Waals surface area contributed by atoms with E-state index in [9.17, 15) is 4.79 Å². The molecule has 1 atom stereocenters. The van der Waals surface area contributed by atoms with Crippen molar-refractivity contribution >= 4 is 17.7 Å². The summed E-state index contributed by atoms with van der Waals surface area (Å²) in [6.45, 7) is 0. The van der Waals surface area contributed by atoms with Crippen molar-refractivity contribution in [3.63, 3.8) is 0 Å². The van der Waals surface area contributed by atoms with Gasteiger partial charge in [0.05, 0.1) is 4.87 Å². The molecule has 1 aliphatic carbocycles. The lowest BCUT2D eigenvalue weighted by Gasteiger charge is -2.22. The summed E-state index contributed by atoms with van der Waals surface area (Å²) in [5, 5.41) is 12.3. The van der Waals surface area contributed by atoms with Crippen molar-refractivity contribution in [2.45, 2.75) is 23.8 Å². The number of fused-ring (bicyclic) bond motifs is 1. The van der Waals surface area contributed by atoms with Gasteiger partial charge in [0, 0.05) is 18.6 Å². The first-order valence-corrected chi connectivity index (χ1v) is 6.38. The maximum atomic E-state index is 10.9. The Balaban J connectivity index is 1.83. The SMILES string of the molecule is O=C(O)C1CSC2(Cc3ccccc3C2)N1. The van der Waals surface area contributed by atoms with E-state index in [1.54, 1.807) is 11.8 Å². The molecule has 2 N–H and O–H groups in total. The van der Waals surface area contributed by atoms with Gasteiger partial charge in [0.25, 0.3) is 0 Å². The van der Waals surface area contributed by atoms with Crippen LogP contribution in [0.25, 0.3) is 0 Å². The van der Waals surface area contributed by atoms with Crippen LogP contribution in [0, 0.1) is 0 Å². The van der Waals surface area contributed by atoms with E-state index in [0.29, 0.717) is 5.75 Å². The Morgan fingerprint density at radius 3 is 2.50 bits per heavy atom. The van der Waals surface area contributed by atoms with Crippen molar-refractivity contribution in [3.8, 4) is 0 Å². The van der Waals surface area contributed by atoms with E-state index in [4.69, 9.17) is 5.11 Å². The average Bonchev–Trinajstić information content (AvgIpc) is 2.82. The summed E-state index contributed by atoms with van der Waals surface area (Å²) in [7, 11) is 0. The van der Waals surface area contributed by atoms with Crippen molar-refractivity contribution in [2.75, 3.05) is 5.75 Å². The molecule has 3 rings (SSSR count). The maximum absolute atomic E-state index is 10.9. The molecule has 1 spiro atoms. The zero-order valence-electron chi connectivity index (χ0n) is 8.77. The Labute approximate surface area is 98.2 Å². The molecule has 1 aromatic rings. The molecular weight excluding hydrogens is 222 g/mol. The van der Waals surface area contributed by atoms with E-state index >= 15 is 0 Å². The van der Waals surface area contributed by atoms with Gasteiger partial charge in [-0.1, -0.05) is 24.3 Å². The smallest absolute Gasteiger partial charge is 0.321 e. The van der Waals surface area contributed by atoms with E-state index in [2.05, 4.69) is 17.4 Å². The third-order valence-corrected chi connectivity index (χ3v) is 4.79. The Hall–Kier alpha value is -1.00. The molecule has 1 aliphatic heterocycles. The number of nitrogens with one attached hydrogen (secondary N) is 1. The van der Waals surface area contributed by atoms with E-state index in [1.165, 1.54) is 11.1 Å². The number of aliphatic carboxylic acids is 1. The molecule has 16 heavy (non-hydrogen) atoms. The van der Waals surface area contributed by atoms with Gasteiger partial charge in [0.15, 0.2) is 0 Å². The molecule has 1 fully saturated rings. The topological polar surface area (TPSA) is 49.3 Å². The van der Waals surface area contributed by atoms with Crippen molar-refractivity contribution < 1.29 is 9.90 Å². The Kier molecular flexibility index (Phi) is 2.23. The highest BCUT2D eigenvalue weighted by Gasteiger charge is 2.45. The fourth-order valence-corrected chi connectivity index (χ4v) is 4.01. The van der Waals surface area contributed by atoms with Gasteiger partial charge < -0.3 is 5.11 Å². The van der Waals surface area contributed by atoms with Crippen molar-refractivity contribution in [3.05, 3.63) is 35.4 Å². The van der Waals surface area contributed by atoms with Gasteiger partial charge in [-0.25, -0.2) is 0 Å². The van der Waals surface area contributed by atoms with Crippen LogP contribution in [-0.2, 0) is 17.6 Å². The summed E-state index contributed by atoms with van der Waals surface area (Å²) in [6, 6.07) is 7.98. The first-order chi connectivity index (χ1) is 7.69. The highest BCUT2D eigenvalue weighted by molar-refractivity contribution is 8.01. The van der Waals surface area contributed by atoms with Gasteiger partial charge in [0.2, 0.25) is 0 Å². The minimum atomic E-state index is -0.736. The standard InChI is InChI=1S/C12H13NO2S/c14-11(15)10-7-16-12(13-10)5-8-3-1-2-4-9(8)6-12/h1-4,10,13H,5-7H2,(H,14,15). The lowest BCUT2D eigenvalue weighted by Crippen LogP contribution is -2.45. The molecule has 1 unspecified atom stereocenters. The number of hydrogen-bond acceptors (Lipinski definition) is 3. The number of carboxylic acids is 1. The number of rotatable bonds is 1. The fourth-order valence-electron chi connectivity index (χ4n) is 2.56. The molecule has 1 saturated heterocycles. The van der Waals surface area contributed by atoms with Crippen molar-refractivity contribution in [1.29, 1.82) is 0 Å². The van der Waals surface area contributed by atoms with Gasteiger partial charge >= 0.3 is 5.97 Å². The lowest BCUT2D eigenvalue weighted by atomic mass is 10.1. The molecule has 0 aromatic heterocycles. The number of benzene rings is 1. The molecule has 4 heteroatoms. The predicted octanol–water partition coefficient (Wildman–Crippen LogP) is 1.27. The van der Waals surface area contributed by atoms with E-state index < -0.39 is 5.97 Å². The monoisotopic (exact) mass is 235 g/mol. The number of carboxylic acid groups (broad SMARTS) is 1. The Morgan fingerprint density at radius 2 is 2.00 bits per heavy atom. The molecule has 0 radical (unpaired) electrons. The number of thioether (sulfide) groups is 1. The predicted molar refractivity (Wildman–Crippen MR) is 63.6 cm³/mol. The normalized spacial score (nSPS) is 25.9. The second-order valence-electron chi connectivity index (χ2n) is 4.46. The summed E-state index contributed by atoms with van der Waals surface area (Å²) in [4.78, 5) is 10.9. The number of hydrogen-bond donors (Lipinski definition) is 2. The first kappa shape index (κ1) is 10.2. The molecule has 0 amide bonds. The second-order valence-corrected chi connectivity index (χ2v) is 5.87. The quantitative estimate of drug-likeness (QED) is 0.769. The zero-order chi connectivity index (χ0) is 11.2. The lowest BCUT2D eigenvalue weighted by molar-refractivity contribution is -0.138. The first-order valence-electron chi connectivity index (χ1n) is 5.40. The van der Waals surface area contributed by atoms with Gasteiger partial charge in [0.1, 0.15) is 6.04 Å². The summed E-state index contributed by atoms with van der Waals surface area (Å²) >= 11 is 1.75.